The first-order valence-corrected chi connectivity index (χ1v) is 11.2. The highest BCUT2D eigenvalue weighted by molar-refractivity contribution is 7.93. The van der Waals surface area contributed by atoms with E-state index >= 15 is 0 Å². The van der Waals surface area contributed by atoms with Crippen molar-refractivity contribution in [1.82, 2.24) is 14.6 Å². The van der Waals surface area contributed by atoms with E-state index in [1.165, 1.54) is 5.56 Å². The Morgan fingerprint density at radius 1 is 1.04 bits per heavy atom. The fourth-order valence-electron chi connectivity index (χ4n) is 3.75. The van der Waals surface area contributed by atoms with Gasteiger partial charge in [0, 0.05) is 44.5 Å². The zero-order valence-corrected chi connectivity index (χ0v) is 17.0. The van der Waals surface area contributed by atoms with E-state index in [1.807, 2.05) is 30.3 Å². The largest absolute Gasteiger partial charge is 0.354 e. The third-order valence-electron chi connectivity index (χ3n) is 5.48. The number of rotatable bonds is 5. The van der Waals surface area contributed by atoms with Gasteiger partial charge in [-0.1, -0.05) is 30.3 Å². The molecule has 1 aromatic heterocycles. The lowest BCUT2D eigenvalue weighted by molar-refractivity contribution is 0.312. The maximum atomic E-state index is 12.9. The number of benzene rings is 1. The predicted molar refractivity (Wildman–Crippen MR) is 112 cm³/mol. The van der Waals surface area contributed by atoms with Crippen molar-refractivity contribution in [2.75, 3.05) is 38.1 Å². The average molecular weight is 399 g/mol. The molecule has 7 heteroatoms. The second kappa shape index (κ2) is 8.03. The number of sulfonamides is 1. The number of allylic oxidation sites excluding steroid dienone is 1. The van der Waals surface area contributed by atoms with Crippen molar-refractivity contribution >= 4 is 21.9 Å². The van der Waals surface area contributed by atoms with Gasteiger partial charge in [0.15, 0.2) is 0 Å². The summed E-state index contributed by atoms with van der Waals surface area (Å²) in [6.45, 7) is 4.00. The van der Waals surface area contributed by atoms with Crippen LogP contribution < -0.4 is 9.62 Å². The molecule has 2 aliphatic rings. The predicted octanol–water partition coefficient (Wildman–Crippen LogP) is 2.24. The van der Waals surface area contributed by atoms with Gasteiger partial charge in [0.25, 0.3) is 0 Å². The van der Waals surface area contributed by atoms with Gasteiger partial charge >= 0.3 is 0 Å². The van der Waals surface area contributed by atoms with Gasteiger partial charge in [-0.25, -0.2) is 18.1 Å². The number of fused-ring (bicyclic) bond motifs is 1. The van der Waals surface area contributed by atoms with Gasteiger partial charge in [-0.2, -0.15) is 0 Å². The molecular weight excluding hydrogens is 372 g/mol. The molecule has 1 saturated heterocycles. The highest BCUT2D eigenvalue weighted by Crippen LogP contribution is 2.27. The quantitative estimate of drug-likeness (QED) is 0.837. The lowest BCUT2D eigenvalue weighted by Crippen LogP contribution is -2.45. The van der Waals surface area contributed by atoms with E-state index in [2.05, 4.69) is 32.6 Å². The Labute approximate surface area is 166 Å². The third-order valence-corrected chi connectivity index (χ3v) is 7.02. The summed E-state index contributed by atoms with van der Waals surface area (Å²) in [6, 6.07) is 11.8. The minimum atomic E-state index is -3.52. The van der Waals surface area contributed by atoms with Crippen molar-refractivity contribution in [2.45, 2.75) is 19.4 Å². The molecule has 2 aromatic rings. The topological polar surface area (TPSA) is 65.5 Å². The maximum absolute atomic E-state index is 12.9. The van der Waals surface area contributed by atoms with Gasteiger partial charge in [0.2, 0.25) is 10.0 Å². The average Bonchev–Trinajstić information content (AvgIpc) is 2.73. The summed E-state index contributed by atoms with van der Waals surface area (Å²) >= 11 is 0. The number of aryl methyl sites for hydroxylation is 1. The Bertz CT molecular complexity index is 979. The van der Waals surface area contributed by atoms with Crippen molar-refractivity contribution in [3.05, 3.63) is 64.2 Å². The van der Waals surface area contributed by atoms with E-state index in [1.54, 1.807) is 12.3 Å². The monoisotopic (exact) mass is 398 g/mol. The van der Waals surface area contributed by atoms with Crippen LogP contribution in [0.4, 0.5) is 5.82 Å². The normalized spacial score (nSPS) is 17.9. The Balaban J connectivity index is 1.50. The zero-order chi connectivity index (χ0) is 19.6. The maximum Gasteiger partial charge on any atom is 0.237 e. The first-order valence-electron chi connectivity index (χ1n) is 9.68. The Morgan fingerprint density at radius 3 is 2.64 bits per heavy atom. The SMILES string of the molecule is CN1CCN(c2ncccc2CNS(=O)(=O)C2=Cc3ccccc3CC2)CC1. The summed E-state index contributed by atoms with van der Waals surface area (Å²) in [4.78, 5) is 9.51. The van der Waals surface area contributed by atoms with Crippen LogP contribution in [0.3, 0.4) is 0 Å². The number of pyridine rings is 1. The molecule has 0 amide bonds. The van der Waals surface area contributed by atoms with E-state index in [0.717, 1.165) is 49.5 Å². The first-order chi connectivity index (χ1) is 13.5. The highest BCUT2D eigenvalue weighted by Gasteiger charge is 2.23. The van der Waals surface area contributed by atoms with Crippen molar-refractivity contribution in [1.29, 1.82) is 0 Å². The van der Waals surface area contributed by atoms with Crippen LogP contribution in [-0.2, 0) is 23.0 Å². The second-order valence-electron chi connectivity index (χ2n) is 7.41. The summed E-state index contributed by atoms with van der Waals surface area (Å²) in [7, 11) is -1.41. The van der Waals surface area contributed by atoms with Crippen LogP contribution in [0, 0.1) is 0 Å². The van der Waals surface area contributed by atoms with Crippen LogP contribution in [0.15, 0.2) is 47.5 Å². The van der Waals surface area contributed by atoms with Gasteiger partial charge in [-0.05, 0) is 43.2 Å². The first kappa shape index (κ1) is 19.1. The lowest BCUT2D eigenvalue weighted by atomic mass is 9.98. The number of nitrogens with zero attached hydrogens (tertiary/aromatic N) is 3. The van der Waals surface area contributed by atoms with Crippen molar-refractivity contribution in [2.24, 2.45) is 0 Å². The molecule has 1 aromatic carbocycles. The van der Waals surface area contributed by atoms with E-state index in [-0.39, 0.29) is 6.54 Å². The van der Waals surface area contributed by atoms with E-state index in [4.69, 9.17) is 0 Å². The zero-order valence-electron chi connectivity index (χ0n) is 16.1. The van der Waals surface area contributed by atoms with E-state index in [0.29, 0.717) is 11.3 Å². The number of anilines is 1. The highest BCUT2D eigenvalue weighted by atomic mass is 32.2. The van der Waals surface area contributed by atoms with Crippen LogP contribution in [0.5, 0.6) is 0 Å². The van der Waals surface area contributed by atoms with E-state index < -0.39 is 10.0 Å². The van der Waals surface area contributed by atoms with Crippen LogP contribution in [0.2, 0.25) is 0 Å². The van der Waals surface area contributed by atoms with Crippen molar-refractivity contribution in [3.63, 3.8) is 0 Å². The molecule has 1 aliphatic carbocycles. The van der Waals surface area contributed by atoms with Crippen LogP contribution >= 0.6 is 0 Å². The minimum absolute atomic E-state index is 0.247. The molecule has 28 heavy (non-hydrogen) atoms. The van der Waals surface area contributed by atoms with Gasteiger partial charge < -0.3 is 9.80 Å². The number of hydrogen-bond donors (Lipinski definition) is 1. The van der Waals surface area contributed by atoms with Crippen molar-refractivity contribution in [3.8, 4) is 0 Å². The molecule has 148 valence electrons. The Hall–Kier alpha value is -2.22. The molecule has 6 nitrogen and oxygen atoms in total. The van der Waals surface area contributed by atoms with Crippen LogP contribution in [-0.4, -0.2) is 51.5 Å². The fourth-order valence-corrected chi connectivity index (χ4v) is 4.94. The molecule has 0 radical (unpaired) electrons. The molecule has 1 N–H and O–H groups in total. The molecule has 0 saturated carbocycles. The Kier molecular flexibility index (Phi) is 5.48. The molecular formula is C21H26N4O2S. The summed E-state index contributed by atoms with van der Waals surface area (Å²) in [5.41, 5.74) is 3.10. The molecule has 4 rings (SSSR count). The molecule has 0 unspecified atom stereocenters. The second-order valence-corrected chi connectivity index (χ2v) is 9.23. The molecule has 1 aliphatic heterocycles. The van der Waals surface area contributed by atoms with Crippen molar-refractivity contribution < 1.29 is 8.42 Å². The Morgan fingerprint density at radius 2 is 1.82 bits per heavy atom. The van der Waals surface area contributed by atoms with Gasteiger partial charge in [-0.3, -0.25) is 0 Å². The smallest absolute Gasteiger partial charge is 0.237 e. The van der Waals surface area contributed by atoms with Gasteiger partial charge in [0.05, 0.1) is 4.91 Å². The molecule has 0 atom stereocenters. The molecule has 2 heterocycles. The lowest BCUT2D eigenvalue weighted by Gasteiger charge is -2.34. The number of nitrogens with one attached hydrogen (secondary N) is 1. The van der Waals surface area contributed by atoms with Crippen LogP contribution in [0.25, 0.3) is 6.08 Å². The van der Waals surface area contributed by atoms with Gasteiger partial charge in [0.1, 0.15) is 5.82 Å². The number of piperazine rings is 1. The summed E-state index contributed by atoms with van der Waals surface area (Å²) in [5, 5.41) is 0. The molecule has 0 bridgehead atoms. The molecule has 0 spiro atoms. The fraction of sp³-hybridized carbons (Fsp3) is 0.381. The number of hydrogen-bond acceptors (Lipinski definition) is 5. The third kappa shape index (κ3) is 4.11. The minimum Gasteiger partial charge on any atom is -0.354 e. The number of likely N-dealkylation sites (N-methyl/N-ethyl adjacent to an activating group) is 1. The number of aromatic nitrogens is 1. The molecule has 1 fully saturated rings. The van der Waals surface area contributed by atoms with Gasteiger partial charge in [-0.15, -0.1) is 0 Å². The standard InChI is InChI=1S/C21H26N4O2S/c1-24-11-13-25(14-12-24)21-19(7-4-10-22-21)16-23-28(26,27)20-9-8-17-5-2-3-6-18(17)15-20/h2-7,10,15,23H,8-9,11-14,16H2,1H3. The van der Waals surface area contributed by atoms with E-state index in [9.17, 15) is 8.42 Å². The summed E-state index contributed by atoms with van der Waals surface area (Å²) in [6.07, 6.45) is 4.85. The summed E-state index contributed by atoms with van der Waals surface area (Å²) < 4.78 is 28.5. The summed E-state index contributed by atoms with van der Waals surface area (Å²) in [5.74, 6) is 0.876. The van der Waals surface area contributed by atoms with Crippen LogP contribution in [0.1, 0.15) is 23.1 Å².